The molecule has 6 nitrogen and oxygen atoms in total. The summed E-state index contributed by atoms with van der Waals surface area (Å²) in [5.74, 6) is 0.283. The van der Waals surface area contributed by atoms with Crippen LogP contribution in [0.3, 0.4) is 0 Å². The summed E-state index contributed by atoms with van der Waals surface area (Å²) in [7, 11) is 1.52. The quantitative estimate of drug-likeness (QED) is 0.786. The van der Waals surface area contributed by atoms with E-state index in [0.29, 0.717) is 17.1 Å². The molecular weight excluding hydrogens is 318 g/mol. The zero-order valence-electron chi connectivity index (χ0n) is 13.7. The largest absolute Gasteiger partial charge is 0.494 e. The number of benzene rings is 1. The van der Waals surface area contributed by atoms with Crippen molar-refractivity contribution in [2.75, 3.05) is 24.3 Å². The number of piperidine rings is 1. The van der Waals surface area contributed by atoms with Gasteiger partial charge < -0.3 is 20.7 Å². The number of carbonyl (C=O) groups excluding carboxylic acids is 2. The van der Waals surface area contributed by atoms with Crippen molar-refractivity contribution >= 4 is 35.6 Å². The third kappa shape index (κ3) is 4.84. The lowest BCUT2D eigenvalue weighted by Gasteiger charge is -2.33. The molecule has 1 aliphatic rings. The molecule has 1 aromatic rings. The van der Waals surface area contributed by atoms with Gasteiger partial charge in [0.2, 0.25) is 11.8 Å². The van der Waals surface area contributed by atoms with Crippen LogP contribution in [0.4, 0.5) is 11.4 Å². The second-order valence-corrected chi connectivity index (χ2v) is 5.77. The molecule has 1 unspecified atom stereocenters. The highest BCUT2D eigenvalue weighted by atomic mass is 35.5. The number of hydrogen-bond donors (Lipinski definition) is 3. The molecule has 128 valence electrons. The normalized spacial score (nSPS) is 20.1. The van der Waals surface area contributed by atoms with Gasteiger partial charge >= 0.3 is 0 Å². The Hall–Kier alpha value is -1.79. The van der Waals surface area contributed by atoms with Crippen LogP contribution in [-0.2, 0) is 9.59 Å². The molecule has 1 atom stereocenters. The molecule has 0 radical (unpaired) electrons. The fraction of sp³-hybridized carbons (Fsp3) is 0.500. The van der Waals surface area contributed by atoms with Gasteiger partial charge in [-0.05, 0) is 44.9 Å². The molecule has 1 aliphatic heterocycles. The van der Waals surface area contributed by atoms with Gasteiger partial charge in [0.05, 0.1) is 18.3 Å². The van der Waals surface area contributed by atoms with Gasteiger partial charge in [0.25, 0.3) is 0 Å². The molecule has 1 fully saturated rings. The van der Waals surface area contributed by atoms with Crippen LogP contribution in [0.15, 0.2) is 18.2 Å². The number of amides is 2. The Balaban J connectivity index is 0.00000264. The van der Waals surface area contributed by atoms with Crippen molar-refractivity contribution in [2.45, 2.75) is 38.6 Å². The van der Waals surface area contributed by atoms with Crippen LogP contribution >= 0.6 is 12.4 Å². The molecule has 7 heteroatoms. The molecule has 2 rings (SSSR count). The van der Waals surface area contributed by atoms with Crippen molar-refractivity contribution in [1.82, 2.24) is 5.32 Å². The predicted octanol–water partition coefficient (Wildman–Crippen LogP) is 2.55. The number of nitrogens with one attached hydrogen (secondary N) is 3. The summed E-state index contributed by atoms with van der Waals surface area (Å²) in [4.78, 5) is 23.6. The van der Waals surface area contributed by atoms with Gasteiger partial charge in [-0.1, -0.05) is 0 Å². The van der Waals surface area contributed by atoms with E-state index in [1.807, 2.05) is 6.92 Å². The van der Waals surface area contributed by atoms with Crippen molar-refractivity contribution in [1.29, 1.82) is 0 Å². The van der Waals surface area contributed by atoms with E-state index < -0.39 is 5.54 Å². The highest BCUT2D eigenvalue weighted by molar-refractivity contribution is 5.98. The van der Waals surface area contributed by atoms with E-state index >= 15 is 0 Å². The number of carbonyl (C=O) groups is 2. The van der Waals surface area contributed by atoms with Crippen molar-refractivity contribution in [3.05, 3.63) is 18.2 Å². The van der Waals surface area contributed by atoms with E-state index in [4.69, 9.17) is 4.74 Å². The van der Waals surface area contributed by atoms with Gasteiger partial charge in [-0.3, -0.25) is 9.59 Å². The fourth-order valence-corrected chi connectivity index (χ4v) is 2.58. The van der Waals surface area contributed by atoms with Crippen LogP contribution in [0.25, 0.3) is 0 Å². The molecule has 1 saturated heterocycles. The van der Waals surface area contributed by atoms with E-state index in [1.54, 1.807) is 18.2 Å². The molecule has 23 heavy (non-hydrogen) atoms. The summed E-state index contributed by atoms with van der Waals surface area (Å²) in [6.45, 7) is 4.21. The first-order chi connectivity index (χ1) is 10.4. The number of ether oxygens (including phenoxy) is 1. The average molecular weight is 342 g/mol. The Kier molecular flexibility index (Phi) is 6.84. The molecule has 0 bridgehead atoms. The van der Waals surface area contributed by atoms with Gasteiger partial charge in [0.15, 0.2) is 0 Å². The Morgan fingerprint density at radius 1 is 1.26 bits per heavy atom. The van der Waals surface area contributed by atoms with Gasteiger partial charge in [0, 0.05) is 18.7 Å². The number of hydrogen-bond acceptors (Lipinski definition) is 4. The molecule has 0 aromatic heterocycles. The number of rotatable bonds is 4. The molecule has 3 N–H and O–H groups in total. The van der Waals surface area contributed by atoms with E-state index in [0.717, 1.165) is 25.8 Å². The van der Waals surface area contributed by atoms with Crippen LogP contribution in [-0.4, -0.2) is 31.0 Å². The Morgan fingerprint density at radius 2 is 2.00 bits per heavy atom. The Morgan fingerprint density at radius 3 is 2.57 bits per heavy atom. The third-order valence-corrected chi connectivity index (χ3v) is 3.89. The second-order valence-electron chi connectivity index (χ2n) is 5.77. The lowest BCUT2D eigenvalue weighted by Crippen LogP contribution is -2.54. The summed E-state index contributed by atoms with van der Waals surface area (Å²) >= 11 is 0. The number of halogens is 1. The van der Waals surface area contributed by atoms with Gasteiger partial charge in [-0.25, -0.2) is 0 Å². The average Bonchev–Trinajstić information content (AvgIpc) is 2.49. The monoisotopic (exact) mass is 341 g/mol. The Labute approximate surface area is 142 Å². The summed E-state index contributed by atoms with van der Waals surface area (Å²) < 4.78 is 5.26. The molecule has 0 saturated carbocycles. The van der Waals surface area contributed by atoms with Crippen LogP contribution in [0.1, 0.15) is 33.1 Å². The van der Waals surface area contributed by atoms with E-state index in [2.05, 4.69) is 16.0 Å². The third-order valence-electron chi connectivity index (χ3n) is 3.89. The minimum Gasteiger partial charge on any atom is -0.494 e. The van der Waals surface area contributed by atoms with E-state index in [-0.39, 0.29) is 24.2 Å². The first-order valence-electron chi connectivity index (χ1n) is 7.47. The molecular formula is C16H24ClN3O3. The maximum atomic E-state index is 12.5. The minimum absolute atomic E-state index is 0. The topological polar surface area (TPSA) is 79.5 Å². The highest BCUT2D eigenvalue weighted by Gasteiger charge is 2.34. The Bertz CT molecular complexity index is 572. The molecule has 2 amide bonds. The number of methoxy groups -OCH3 is 1. The molecule has 1 heterocycles. The maximum Gasteiger partial charge on any atom is 0.244 e. The SMILES string of the molecule is COc1cc(NC(=O)C2(C)CCCCN2)ccc1NC(C)=O.Cl. The van der Waals surface area contributed by atoms with Crippen molar-refractivity contribution in [3.63, 3.8) is 0 Å². The first-order valence-corrected chi connectivity index (χ1v) is 7.47. The second kappa shape index (κ2) is 8.17. The summed E-state index contributed by atoms with van der Waals surface area (Å²) in [6, 6.07) is 5.17. The van der Waals surface area contributed by atoms with Crippen LogP contribution in [0.5, 0.6) is 5.75 Å². The lowest BCUT2D eigenvalue weighted by atomic mass is 9.90. The smallest absolute Gasteiger partial charge is 0.244 e. The minimum atomic E-state index is -0.540. The molecule has 0 spiro atoms. The summed E-state index contributed by atoms with van der Waals surface area (Å²) in [6.07, 6.45) is 2.96. The number of anilines is 2. The van der Waals surface area contributed by atoms with Crippen molar-refractivity contribution in [2.24, 2.45) is 0 Å². The van der Waals surface area contributed by atoms with Crippen LogP contribution < -0.4 is 20.7 Å². The van der Waals surface area contributed by atoms with Gasteiger partial charge in [-0.15, -0.1) is 12.4 Å². The van der Waals surface area contributed by atoms with Crippen molar-refractivity contribution in [3.8, 4) is 5.75 Å². The zero-order chi connectivity index (χ0) is 16.2. The van der Waals surface area contributed by atoms with Crippen LogP contribution in [0.2, 0.25) is 0 Å². The first kappa shape index (κ1) is 19.3. The highest BCUT2D eigenvalue weighted by Crippen LogP contribution is 2.29. The molecule has 0 aliphatic carbocycles. The summed E-state index contributed by atoms with van der Waals surface area (Å²) in [5, 5.41) is 8.88. The van der Waals surface area contributed by atoms with Crippen molar-refractivity contribution < 1.29 is 14.3 Å². The predicted molar refractivity (Wildman–Crippen MR) is 93.4 cm³/mol. The molecule has 1 aromatic carbocycles. The lowest BCUT2D eigenvalue weighted by molar-refractivity contribution is -0.122. The van der Waals surface area contributed by atoms with E-state index in [9.17, 15) is 9.59 Å². The standard InChI is InChI=1S/C16H23N3O3.ClH/c1-11(20)18-13-7-6-12(10-14(13)22-3)19-15(21)16(2)8-4-5-9-17-16;/h6-7,10,17H,4-5,8-9H2,1-3H3,(H,18,20)(H,19,21);1H. The zero-order valence-corrected chi connectivity index (χ0v) is 14.5. The van der Waals surface area contributed by atoms with E-state index in [1.165, 1.54) is 14.0 Å². The fourth-order valence-electron chi connectivity index (χ4n) is 2.58. The van der Waals surface area contributed by atoms with Gasteiger partial charge in [0.1, 0.15) is 5.75 Å². The maximum absolute atomic E-state index is 12.5. The van der Waals surface area contributed by atoms with Crippen LogP contribution in [0, 0.1) is 0 Å². The van der Waals surface area contributed by atoms with Gasteiger partial charge in [-0.2, -0.15) is 0 Å². The summed E-state index contributed by atoms with van der Waals surface area (Å²) in [5.41, 5.74) is 0.682.